The van der Waals surface area contributed by atoms with Gasteiger partial charge in [0.1, 0.15) is 12.4 Å². The van der Waals surface area contributed by atoms with Crippen LogP contribution < -0.4 is 4.74 Å². The fourth-order valence-electron chi connectivity index (χ4n) is 2.87. The van der Waals surface area contributed by atoms with Gasteiger partial charge in [-0.05, 0) is 29.7 Å². The number of ether oxygens (including phenoxy) is 3. The molecule has 3 rings (SSSR count). The first-order valence-electron chi connectivity index (χ1n) is 9.04. The minimum Gasteiger partial charge on any atom is -0.491 e. The van der Waals surface area contributed by atoms with Crippen molar-refractivity contribution >= 4 is 12.4 Å². The highest BCUT2D eigenvalue weighted by molar-refractivity contribution is 5.85. The van der Waals surface area contributed by atoms with E-state index in [0.717, 1.165) is 51.6 Å². The van der Waals surface area contributed by atoms with Crippen LogP contribution in [0.4, 0.5) is 0 Å². The Hall–Kier alpha value is -1.59. The smallest absolute Gasteiger partial charge is 0.119 e. The molecule has 0 bridgehead atoms. The summed E-state index contributed by atoms with van der Waals surface area (Å²) in [6.45, 7) is 6.62. The van der Waals surface area contributed by atoms with Gasteiger partial charge in [-0.25, -0.2) is 0 Å². The lowest BCUT2D eigenvalue weighted by atomic mass is 10.1. The van der Waals surface area contributed by atoms with E-state index in [0.29, 0.717) is 13.2 Å². The summed E-state index contributed by atoms with van der Waals surface area (Å²) in [4.78, 5) is 2.37. The average Bonchev–Trinajstić information content (AvgIpc) is 2.67. The van der Waals surface area contributed by atoms with Crippen LogP contribution in [0.5, 0.6) is 5.75 Å². The highest BCUT2D eigenvalue weighted by Gasteiger charge is 2.09. The van der Waals surface area contributed by atoms with E-state index in [1.165, 1.54) is 11.1 Å². The van der Waals surface area contributed by atoms with Crippen molar-refractivity contribution in [1.82, 2.24) is 4.90 Å². The van der Waals surface area contributed by atoms with Gasteiger partial charge in [0.05, 0.1) is 26.4 Å². The molecule has 2 aromatic carbocycles. The minimum absolute atomic E-state index is 0. The van der Waals surface area contributed by atoms with Crippen LogP contribution >= 0.6 is 12.4 Å². The van der Waals surface area contributed by atoms with Crippen molar-refractivity contribution in [2.45, 2.75) is 6.42 Å². The second kappa shape index (κ2) is 11.9. The van der Waals surface area contributed by atoms with E-state index in [1.807, 2.05) is 18.2 Å². The van der Waals surface area contributed by atoms with E-state index in [-0.39, 0.29) is 12.4 Å². The van der Waals surface area contributed by atoms with E-state index in [9.17, 15) is 0 Å². The van der Waals surface area contributed by atoms with Crippen molar-refractivity contribution in [3.05, 3.63) is 65.7 Å². The Morgan fingerprint density at radius 3 is 2.23 bits per heavy atom. The maximum Gasteiger partial charge on any atom is 0.119 e. The third kappa shape index (κ3) is 7.34. The SMILES string of the molecule is Cl.c1ccc(Cc2ccc(OCCOCCN3CCOCC3)cc2)cc1. The highest BCUT2D eigenvalue weighted by Crippen LogP contribution is 2.15. The Bertz CT molecular complexity index is 600. The van der Waals surface area contributed by atoms with Crippen LogP contribution in [0.2, 0.25) is 0 Å². The first-order valence-corrected chi connectivity index (χ1v) is 9.04. The Labute approximate surface area is 162 Å². The quantitative estimate of drug-likeness (QED) is 0.626. The molecule has 0 N–H and O–H groups in total. The van der Waals surface area contributed by atoms with Crippen molar-refractivity contribution in [3.8, 4) is 5.75 Å². The predicted octanol–water partition coefficient (Wildman–Crippen LogP) is 3.43. The van der Waals surface area contributed by atoms with Crippen LogP contribution in [-0.2, 0) is 15.9 Å². The van der Waals surface area contributed by atoms with E-state index >= 15 is 0 Å². The molecule has 1 heterocycles. The normalized spacial score (nSPS) is 14.6. The highest BCUT2D eigenvalue weighted by atomic mass is 35.5. The number of rotatable bonds is 9. The maximum atomic E-state index is 5.74. The van der Waals surface area contributed by atoms with Crippen LogP contribution in [0.15, 0.2) is 54.6 Å². The number of benzene rings is 2. The monoisotopic (exact) mass is 377 g/mol. The lowest BCUT2D eigenvalue weighted by Gasteiger charge is -2.26. The number of halogens is 1. The third-order valence-electron chi connectivity index (χ3n) is 4.33. The van der Waals surface area contributed by atoms with Gasteiger partial charge in [0.25, 0.3) is 0 Å². The molecule has 1 fully saturated rings. The van der Waals surface area contributed by atoms with Gasteiger partial charge in [0.2, 0.25) is 0 Å². The molecule has 0 atom stereocenters. The fourth-order valence-corrected chi connectivity index (χ4v) is 2.87. The van der Waals surface area contributed by atoms with Gasteiger partial charge in [-0.2, -0.15) is 0 Å². The molecule has 0 saturated carbocycles. The molecule has 0 aliphatic carbocycles. The van der Waals surface area contributed by atoms with E-state index in [2.05, 4.69) is 41.3 Å². The summed E-state index contributed by atoms with van der Waals surface area (Å²) in [6, 6.07) is 18.8. The Balaban J connectivity index is 0.00000243. The summed E-state index contributed by atoms with van der Waals surface area (Å²) in [7, 11) is 0. The Morgan fingerprint density at radius 2 is 1.50 bits per heavy atom. The van der Waals surface area contributed by atoms with Crippen LogP contribution in [0.25, 0.3) is 0 Å². The number of hydrogen-bond donors (Lipinski definition) is 0. The van der Waals surface area contributed by atoms with Gasteiger partial charge in [-0.15, -0.1) is 12.4 Å². The summed E-state index contributed by atoms with van der Waals surface area (Å²) in [5.41, 5.74) is 2.62. The molecule has 26 heavy (non-hydrogen) atoms. The van der Waals surface area contributed by atoms with Gasteiger partial charge in [-0.1, -0.05) is 42.5 Å². The second-order valence-electron chi connectivity index (χ2n) is 6.22. The number of hydrogen-bond acceptors (Lipinski definition) is 4. The number of morpholine rings is 1. The van der Waals surface area contributed by atoms with Crippen LogP contribution in [0.1, 0.15) is 11.1 Å². The zero-order chi connectivity index (χ0) is 17.2. The minimum atomic E-state index is 0. The van der Waals surface area contributed by atoms with Crippen LogP contribution in [-0.4, -0.2) is 57.6 Å². The molecule has 1 saturated heterocycles. The second-order valence-corrected chi connectivity index (χ2v) is 6.22. The van der Waals surface area contributed by atoms with Gasteiger partial charge in [0.15, 0.2) is 0 Å². The Kier molecular flexibility index (Phi) is 9.50. The van der Waals surface area contributed by atoms with Crippen molar-refractivity contribution in [2.75, 3.05) is 52.7 Å². The average molecular weight is 378 g/mol. The maximum absolute atomic E-state index is 5.74. The number of nitrogens with zero attached hydrogens (tertiary/aromatic N) is 1. The topological polar surface area (TPSA) is 30.9 Å². The van der Waals surface area contributed by atoms with Gasteiger partial charge < -0.3 is 14.2 Å². The standard InChI is InChI=1S/C21H27NO3.ClH/c1-2-4-19(5-3-1)18-20-6-8-21(9-7-20)25-17-16-24-15-12-22-10-13-23-14-11-22;/h1-9H,10-18H2;1H. The largest absolute Gasteiger partial charge is 0.491 e. The van der Waals surface area contributed by atoms with Gasteiger partial charge in [0, 0.05) is 19.6 Å². The van der Waals surface area contributed by atoms with Crippen molar-refractivity contribution < 1.29 is 14.2 Å². The molecule has 5 heteroatoms. The van der Waals surface area contributed by atoms with E-state index in [4.69, 9.17) is 14.2 Å². The first-order chi connectivity index (χ1) is 12.4. The molecule has 0 radical (unpaired) electrons. The molecule has 0 aromatic heterocycles. The molecule has 142 valence electrons. The summed E-state index contributed by atoms with van der Waals surface area (Å²) in [5, 5.41) is 0. The zero-order valence-corrected chi connectivity index (χ0v) is 16.0. The summed E-state index contributed by atoms with van der Waals surface area (Å²) >= 11 is 0. The lowest BCUT2D eigenvalue weighted by molar-refractivity contribution is 0.0170. The van der Waals surface area contributed by atoms with E-state index in [1.54, 1.807) is 0 Å². The first kappa shape index (κ1) is 20.7. The van der Waals surface area contributed by atoms with Crippen molar-refractivity contribution in [3.63, 3.8) is 0 Å². The summed E-state index contributed by atoms with van der Waals surface area (Å²) in [5.74, 6) is 0.897. The fraction of sp³-hybridized carbons (Fsp3) is 0.429. The summed E-state index contributed by atoms with van der Waals surface area (Å²) < 4.78 is 16.7. The van der Waals surface area contributed by atoms with Gasteiger partial charge in [-0.3, -0.25) is 4.90 Å². The molecule has 0 spiro atoms. The molecule has 4 nitrogen and oxygen atoms in total. The van der Waals surface area contributed by atoms with Gasteiger partial charge >= 0.3 is 0 Å². The molecule has 1 aliphatic rings. The molecule has 0 amide bonds. The summed E-state index contributed by atoms with van der Waals surface area (Å²) in [6.07, 6.45) is 0.950. The van der Waals surface area contributed by atoms with Crippen LogP contribution in [0, 0.1) is 0 Å². The van der Waals surface area contributed by atoms with Crippen LogP contribution in [0.3, 0.4) is 0 Å². The Morgan fingerprint density at radius 1 is 0.808 bits per heavy atom. The zero-order valence-electron chi connectivity index (χ0n) is 15.1. The molecule has 2 aromatic rings. The predicted molar refractivity (Wildman–Crippen MR) is 107 cm³/mol. The molecular weight excluding hydrogens is 350 g/mol. The van der Waals surface area contributed by atoms with Crippen molar-refractivity contribution in [1.29, 1.82) is 0 Å². The molecular formula is C21H28ClNO3. The molecule has 0 unspecified atom stereocenters. The molecule has 1 aliphatic heterocycles. The third-order valence-corrected chi connectivity index (χ3v) is 4.33. The van der Waals surface area contributed by atoms with Crippen molar-refractivity contribution in [2.24, 2.45) is 0 Å². The lowest BCUT2D eigenvalue weighted by Crippen LogP contribution is -2.38. The van der Waals surface area contributed by atoms with E-state index < -0.39 is 0 Å².